The fourth-order valence-corrected chi connectivity index (χ4v) is 4.11. The summed E-state index contributed by atoms with van der Waals surface area (Å²) in [6, 6.07) is 9.26. The van der Waals surface area contributed by atoms with Gasteiger partial charge < -0.3 is 15.5 Å². The van der Waals surface area contributed by atoms with Crippen molar-refractivity contribution in [3.63, 3.8) is 0 Å². The van der Waals surface area contributed by atoms with Crippen molar-refractivity contribution >= 4 is 28.5 Å². The quantitative estimate of drug-likeness (QED) is 0.605. The number of benzene rings is 2. The molecule has 25 heavy (non-hydrogen) atoms. The van der Waals surface area contributed by atoms with E-state index < -0.39 is 5.82 Å². The van der Waals surface area contributed by atoms with Gasteiger partial charge in [-0.1, -0.05) is 12.1 Å². The number of phenolic OH excluding ortho intramolecular Hbond substituents is 2. The lowest BCUT2D eigenvalue weighted by atomic mass is 9.81. The molecular formula is C19H19FINO3. The summed E-state index contributed by atoms with van der Waals surface area (Å²) in [7, 11) is 0. The van der Waals surface area contributed by atoms with Crippen LogP contribution in [0.4, 0.5) is 4.39 Å². The maximum absolute atomic E-state index is 13.9. The Morgan fingerprint density at radius 3 is 2.48 bits per heavy atom. The van der Waals surface area contributed by atoms with Gasteiger partial charge in [-0.2, -0.15) is 0 Å². The third kappa shape index (κ3) is 4.05. The predicted molar refractivity (Wildman–Crippen MR) is 101 cm³/mol. The molecule has 1 aliphatic carbocycles. The van der Waals surface area contributed by atoms with Crippen molar-refractivity contribution in [2.24, 2.45) is 0 Å². The molecule has 4 nitrogen and oxygen atoms in total. The number of carbonyl (C=O) groups is 1. The summed E-state index contributed by atoms with van der Waals surface area (Å²) in [5.41, 5.74) is 0.924. The summed E-state index contributed by atoms with van der Waals surface area (Å²) in [4.78, 5) is 12.4. The van der Waals surface area contributed by atoms with E-state index in [0.29, 0.717) is 3.57 Å². The van der Waals surface area contributed by atoms with Gasteiger partial charge in [0.15, 0.2) is 0 Å². The van der Waals surface area contributed by atoms with Crippen LogP contribution in [0, 0.1) is 9.39 Å². The van der Waals surface area contributed by atoms with E-state index in [4.69, 9.17) is 0 Å². The van der Waals surface area contributed by atoms with Gasteiger partial charge in [0, 0.05) is 15.7 Å². The van der Waals surface area contributed by atoms with Crippen molar-refractivity contribution in [1.82, 2.24) is 5.32 Å². The minimum absolute atomic E-state index is 0.00147. The van der Waals surface area contributed by atoms with E-state index in [1.807, 2.05) is 22.6 Å². The number of halogens is 2. The molecule has 0 spiro atoms. The molecule has 1 saturated carbocycles. The van der Waals surface area contributed by atoms with Crippen molar-refractivity contribution < 1.29 is 19.4 Å². The molecule has 2 aromatic carbocycles. The molecule has 132 valence electrons. The Balaban J connectivity index is 1.62. The number of hydrogen-bond acceptors (Lipinski definition) is 3. The number of amides is 1. The summed E-state index contributed by atoms with van der Waals surface area (Å²) in [6.07, 6.45) is 3.17. The summed E-state index contributed by atoms with van der Waals surface area (Å²) < 4.78 is 14.5. The number of phenols is 2. The number of carbonyl (C=O) groups excluding carboxylic acids is 1. The highest BCUT2D eigenvalue weighted by Crippen LogP contribution is 2.38. The van der Waals surface area contributed by atoms with Gasteiger partial charge >= 0.3 is 0 Å². The van der Waals surface area contributed by atoms with Crippen molar-refractivity contribution in [3.05, 3.63) is 56.9 Å². The molecule has 3 N–H and O–H groups in total. The Kier molecular flexibility index (Phi) is 5.46. The Morgan fingerprint density at radius 1 is 1.12 bits per heavy atom. The lowest BCUT2D eigenvalue weighted by Crippen LogP contribution is -2.38. The summed E-state index contributed by atoms with van der Waals surface area (Å²) in [6.45, 7) is 0. The van der Waals surface area contributed by atoms with E-state index in [1.165, 1.54) is 12.1 Å². The summed E-state index contributed by atoms with van der Waals surface area (Å²) in [5.74, 6) is -0.539. The average molecular weight is 455 g/mol. The van der Waals surface area contributed by atoms with Crippen LogP contribution in [0.25, 0.3) is 0 Å². The van der Waals surface area contributed by atoms with Crippen LogP contribution in [-0.2, 0) is 0 Å². The van der Waals surface area contributed by atoms with Crippen molar-refractivity contribution in [1.29, 1.82) is 0 Å². The zero-order valence-corrected chi connectivity index (χ0v) is 15.7. The molecule has 0 aliphatic heterocycles. The second kappa shape index (κ2) is 7.59. The molecule has 0 aromatic heterocycles. The highest BCUT2D eigenvalue weighted by Gasteiger charge is 2.26. The van der Waals surface area contributed by atoms with E-state index in [9.17, 15) is 19.4 Å². The van der Waals surface area contributed by atoms with Crippen LogP contribution in [0.2, 0.25) is 0 Å². The van der Waals surface area contributed by atoms with Gasteiger partial charge in [-0.05, 0) is 78.0 Å². The molecule has 0 saturated heterocycles. The van der Waals surface area contributed by atoms with E-state index in [0.717, 1.165) is 31.2 Å². The van der Waals surface area contributed by atoms with Crippen LogP contribution < -0.4 is 5.32 Å². The molecule has 2 aromatic rings. The fraction of sp³-hybridized carbons (Fsp3) is 0.316. The number of aromatic hydroxyl groups is 2. The fourth-order valence-electron chi connectivity index (χ4n) is 3.40. The predicted octanol–water partition coefficient (Wildman–Crippen LogP) is 4.30. The Hall–Kier alpha value is -1.83. The largest absolute Gasteiger partial charge is 0.508 e. The minimum atomic E-state index is -0.507. The Labute approximate surface area is 159 Å². The number of hydrogen-bond donors (Lipinski definition) is 3. The molecule has 0 heterocycles. The third-order valence-electron chi connectivity index (χ3n) is 4.71. The topological polar surface area (TPSA) is 69.6 Å². The second-order valence-electron chi connectivity index (χ2n) is 6.36. The number of nitrogens with one attached hydrogen (secondary N) is 1. The molecule has 0 unspecified atom stereocenters. The van der Waals surface area contributed by atoms with Gasteiger partial charge in [0.25, 0.3) is 5.91 Å². The summed E-state index contributed by atoms with van der Waals surface area (Å²) >= 11 is 1.96. The highest BCUT2D eigenvalue weighted by atomic mass is 127. The third-order valence-corrected chi connectivity index (χ3v) is 5.61. The highest BCUT2D eigenvalue weighted by molar-refractivity contribution is 14.1. The molecule has 0 atom stereocenters. The van der Waals surface area contributed by atoms with E-state index in [-0.39, 0.29) is 34.9 Å². The lowest BCUT2D eigenvalue weighted by molar-refractivity contribution is 0.0920. The maximum atomic E-state index is 13.9. The smallest absolute Gasteiger partial charge is 0.255 e. The van der Waals surface area contributed by atoms with Gasteiger partial charge in [-0.25, -0.2) is 4.39 Å². The summed E-state index contributed by atoms with van der Waals surface area (Å²) in [5, 5.41) is 22.3. The van der Waals surface area contributed by atoms with Gasteiger partial charge in [0.05, 0.1) is 5.56 Å². The molecule has 0 radical (unpaired) electrons. The Bertz CT molecular complexity index is 768. The van der Waals surface area contributed by atoms with Crippen molar-refractivity contribution in [2.45, 2.75) is 37.6 Å². The van der Waals surface area contributed by atoms with Crippen LogP contribution in [-0.4, -0.2) is 22.2 Å². The first-order valence-corrected chi connectivity index (χ1v) is 9.30. The first kappa shape index (κ1) is 18.0. The average Bonchev–Trinajstić information content (AvgIpc) is 2.56. The number of rotatable bonds is 3. The maximum Gasteiger partial charge on any atom is 0.255 e. The standard InChI is InChI=1S/C19H19FINO3/c20-15-2-1-3-16(21)18(15)19(25)22-12-6-4-11(5-7-12)14-9-8-13(23)10-17(14)24/h1-3,8-12,23-24H,4-7H2,(H,22,25). The monoisotopic (exact) mass is 455 g/mol. The van der Waals surface area contributed by atoms with Gasteiger partial charge in [-0.15, -0.1) is 0 Å². The first-order chi connectivity index (χ1) is 12.0. The van der Waals surface area contributed by atoms with Gasteiger partial charge in [0.2, 0.25) is 0 Å². The molecule has 1 fully saturated rings. The lowest BCUT2D eigenvalue weighted by Gasteiger charge is -2.30. The molecule has 1 aliphatic rings. The van der Waals surface area contributed by atoms with Crippen molar-refractivity contribution in [3.8, 4) is 11.5 Å². The van der Waals surface area contributed by atoms with E-state index >= 15 is 0 Å². The molecule has 6 heteroatoms. The molecule has 3 rings (SSSR count). The second-order valence-corrected chi connectivity index (χ2v) is 7.52. The SMILES string of the molecule is O=C(NC1CCC(c2ccc(O)cc2O)CC1)c1c(F)cccc1I. The van der Waals surface area contributed by atoms with Gasteiger partial charge in [-0.3, -0.25) is 4.79 Å². The van der Waals surface area contributed by atoms with E-state index in [2.05, 4.69) is 5.32 Å². The normalized spacial score (nSPS) is 20.2. The zero-order chi connectivity index (χ0) is 18.0. The van der Waals surface area contributed by atoms with Gasteiger partial charge in [0.1, 0.15) is 17.3 Å². The van der Waals surface area contributed by atoms with Crippen LogP contribution >= 0.6 is 22.6 Å². The van der Waals surface area contributed by atoms with Crippen molar-refractivity contribution in [2.75, 3.05) is 0 Å². The van der Waals surface area contributed by atoms with Crippen LogP contribution in [0.5, 0.6) is 11.5 Å². The first-order valence-electron chi connectivity index (χ1n) is 8.22. The van der Waals surface area contributed by atoms with Crippen LogP contribution in [0.15, 0.2) is 36.4 Å². The zero-order valence-electron chi connectivity index (χ0n) is 13.5. The molecule has 0 bridgehead atoms. The molecule has 1 amide bonds. The van der Waals surface area contributed by atoms with E-state index in [1.54, 1.807) is 24.3 Å². The minimum Gasteiger partial charge on any atom is -0.508 e. The molecular weight excluding hydrogens is 436 g/mol. The van der Waals surface area contributed by atoms with Crippen LogP contribution in [0.3, 0.4) is 0 Å². The Morgan fingerprint density at radius 2 is 1.84 bits per heavy atom. The van der Waals surface area contributed by atoms with Crippen LogP contribution in [0.1, 0.15) is 47.5 Å².